The summed E-state index contributed by atoms with van der Waals surface area (Å²) in [5.74, 6) is 0. The molecular formula is C11H22N2O2. The summed E-state index contributed by atoms with van der Waals surface area (Å²) in [6, 6.07) is 0. The zero-order chi connectivity index (χ0) is 10.9. The maximum Gasteiger partial charge on any atom is 0.406 e. The molecule has 1 amide bonds. The molecule has 15 heavy (non-hydrogen) atoms. The van der Waals surface area contributed by atoms with E-state index in [4.69, 9.17) is 0 Å². The second-order valence-electron chi connectivity index (χ2n) is 4.03. The van der Waals surface area contributed by atoms with Crippen LogP contribution in [0, 0.1) is 0 Å². The van der Waals surface area contributed by atoms with Crippen LogP contribution >= 0.6 is 0 Å². The van der Waals surface area contributed by atoms with Crippen LogP contribution in [0.25, 0.3) is 0 Å². The number of alkyl carbamates (subject to hydrolysis) is 1. The monoisotopic (exact) mass is 214 g/mol. The summed E-state index contributed by atoms with van der Waals surface area (Å²) in [5, 5.41) is 2.69. The van der Waals surface area contributed by atoms with Crippen molar-refractivity contribution < 1.29 is 9.53 Å². The summed E-state index contributed by atoms with van der Waals surface area (Å²) in [7, 11) is 1.39. The first kappa shape index (κ1) is 12.3. The Morgan fingerprint density at radius 3 is 2.67 bits per heavy atom. The van der Waals surface area contributed by atoms with Gasteiger partial charge in [-0.2, -0.15) is 0 Å². The number of hydrogen-bond donors (Lipinski definition) is 1. The molecule has 88 valence electrons. The molecule has 1 N–H and O–H groups in total. The molecule has 4 heteroatoms. The average Bonchev–Trinajstić information content (AvgIpc) is 2.29. The molecule has 0 saturated carbocycles. The lowest BCUT2D eigenvalue weighted by atomic mass is 10.1. The molecule has 0 aliphatic carbocycles. The molecule has 4 nitrogen and oxygen atoms in total. The smallest absolute Gasteiger partial charge is 0.406 e. The van der Waals surface area contributed by atoms with Gasteiger partial charge in [0.2, 0.25) is 0 Å². The lowest BCUT2D eigenvalue weighted by Gasteiger charge is -2.26. The molecule has 1 aliphatic rings. The van der Waals surface area contributed by atoms with E-state index in [1.165, 1.54) is 46.0 Å². The van der Waals surface area contributed by atoms with Crippen LogP contribution in [0.3, 0.4) is 0 Å². The molecule has 1 heterocycles. The SMILES string of the molecule is COC(=O)NCCCCN1CCCCC1. The Bertz CT molecular complexity index is 179. The Balaban J connectivity index is 1.89. The average molecular weight is 214 g/mol. The van der Waals surface area contributed by atoms with Crippen molar-refractivity contribution in [1.82, 2.24) is 10.2 Å². The fourth-order valence-corrected chi connectivity index (χ4v) is 1.91. The van der Waals surface area contributed by atoms with E-state index >= 15 is 0 Å². The third kappa shape index (κ3) is 5.62. The zero-order valence-electron chi connectivity index (χ0n) is 9.63. The first-order valence-electron chi connectivity index (χ1n) is 5.87. The largest absolute Gasteiger partial charge is 0.453 e. The maximum atomic E-state index is 10.7. The van der Waals surface area contributed by atoms with Crippen LogP contribution in [-0.2, 0) is 4.74 Å². The molecule has 0 bridgehead atoms. The van der Waals surface area contributed by atoms with Gasteiger partial charge in [-0.1, -0.05) is 6.42 Å². The lowest BCUT2D eigenvalue weighted by molar-refractivity contribution is 0.170. The van der Waals surface area contributed by atoms with E-state index in [0.29, 0.717) is 0 Å². The number of carbonyl (C=O) groups excluding carboxylic acids is 1. The first-order valence-corrected chi connectivity index (χ1v) is 5.87. The summed E-state index contributed by atoms with van der Waals surface area (Å²) < 4.78 is 4.49. The van der Waals surface area contributed by atoms with E-state index in [2.05, 4.69) is 15.0 Å². The number of hydrogen-bond acceptors (Lipinski definition) is 3. The van der Waals surface area contributed by atoms with Gasteiger partial charge in [-0.05, 0) is 45.3 Å². The van der Waals surface area contributed by atoms with E-state index < -0.39 is 0 Å². The summed E-state index contributed by atoms with van der Waals surface area (Å²) in [4.78, 5) is 13.2. The highest BCUT2D eigenvalue weighted by Gasteiger charge is 2.08. The van der Waals surface area contributed by atoms with E-state index in [-0.39, 0.29) is 6.09 Å². The molecule has 1 fully saturated rings. The van der Waals surface area contributed by atoms with Crippen LogP contribution in [0.4, 0.5) is 4.79 Å². The van der Waals surface area contributed by atoms with Crippen LogP contribution in [0.15, 0.2) is 0 Å². The molecule has 0 aromatic rings. The minimum Gasteiger partial charge on any atom is -0.453 e. The van der Waals surface area contributed by atoms with Gasteiger partial charge in [-0.15, -0.1) is 0 Å². The minimum atomic E-state index is -0.326. The highest BCUT2D eigenvalue weighted by Crippen LogP contribution is 2.08. The van der Waals surface area contributed by atoms with Gasteiger partial charge in [0.05, 0.1) is 7.11 Å². The Kier molecular flexibility index (Phi) is 6.16. The zero-order valence-corrected chi connectivity index (χ0v) is 9.63. The third-order valence-corrected chi connectivity index (χ3v) is 2.80. The number of nitrogens with one attached hydrogen (secondary N) is 1. The molecule has 0 aromatic carbocycles. The van der Waals surface area contributed by atoms with E-state index in [1.807, 2.05) is 0 Å². The van der Waals surface area contributed by atoms with Crippen molar-refractivity contribution in [2.24, 2.45) is 0 Å². The predicted octanol–water partition coefficient (Wildman–Crippen LogP) is 1.61. The second-order valence-corrected chi connectivity index (χ2v) is 4.03. The van der Waals surface area contributed by atoms with Gasteiger partial charge in [0.25, 0.3) is 0 Å². The first-order chi connectivity index (χ1) is 7.33. The van der Waals surface area contributed by atoms with Crippen LogP contribution in [0.2, 0.25) is 0 Å². The summed E-state index contributed by atoms with van der Waals surface area (Å²) in [6.07, 6.45) is 5.95. The predicted molar refractivity (Wildman–Crippen MR) is 59.9 cm³/mol. The van der Waals surface area contributed by atoms with Crippen molar-refractivity contribution in [1.29, 1.82) is 0 Å². The van der Waals surface area contributed by atoms with Crippen molar-refractivity contribution in [3.05, 3.63) is 0 Å². The second kappa shape index (κ2) is 7.51. The number of rotatable bonds is 5. The molecule has 0 radical (unpaired) electrons. The van der Waals surface area contributed by atoms with E-state index in [1.54, 1.807) is 0 Å². The Morgan fingerprint density at radius 1 is 1.27 bits per heavy atom. The van der Waals surface area contributed by atoms with Crippen molar-refractivity contribution in [2.75, 3.05) is 33.3 Å². The molecule has 0 spiro atoms. The van der Waals surface area contributed by atoms with Gasteiger partial charge >= 0.3 is 6.09 Å². The molecule has 1 aliphatic heterocycles. The van der Waals surface area contributed by atoms with Gasteiger partial charge in [-0.3, -0.25) is 0 Å². The van der Waals surface area contributed by atoms with E-state index in [9.17, 15) is 4.79 Å². The third-order valence-electron chi connectivity index (χ3n) is 2.80. The maximum absolute atomic E-state index is 10.7. The quantitative estimate of drug-likeness (QED) is 0.707. The fourth-order valence-electron chi connectivity index (χ4n) is 1.91. The standard InChI is InChI=1S/C11H22N2O2/c1-15-11(14)12-7-3-6-10-13-8-4-2-5-9-13/h2-10H2,1H3,(H,12,14). The molecule has 0 aromatic heterocycles. The summed E-state index contributed by atoms with van der Waals surface area (Å²) in [6.45, 7) is 4.40. The van der Waals surface area contributed by atoms with Gasteiger partial charge < -0.3 is 15.0 Å². The van der Waals surface area contributed by atoms with Crippen LogP contribution in [0.5, 0.6) is 0 Å². The number of amides is 1. The minimum absolute atomic E-state index is 0.326. The molecule has 1 saturated heterocycles. The van der Waals surface area contributed by atoms with Crippen LogP contribution < -0.4 is 5.32 Å². The summed E-state index contributed by atoms with van der Waals surface area (Å²) >= 11 is 0. The number of carbonyl (C=O) groups is 1. The van der Waals surface area contributed by atoms with Crippen molar-refractivity contribution >= 4 is 6.09 Å². The van der Waals surface area contributed by atoms with Crippen LogP contribution in [-0.4, -0.2) is 44.3 Å². The van der Waals surface area contributed by atoms with Crippen molar-refractivity contribution in [3.8, 4) is 0 Å². The van der Waals surface area contributed by atoms with Gasteiger partial charge in [0.1, 0.15) is 0 Å². The number of piperidine rings is 1. The topological polar surface area (TPSA) is 41.6 Å². The van der Waals surface area contributed by atoms with Gasteiger partial charge in [0, 0.05) is 6.54 Å². The molecule has 1 rings (SSSR count). The molecule has 0 unspecified atom stereocenters. The fraction of sp³-hybridized carbons (Fsp3) is 0.909. The number of methoxy groups -OCH3 is 1. The highest BCUT2D eigenvalue weighted by molar-refractivity contribution is 5.66. The number of likely N-dealkylation sites (tertiary alicyclic amines) is 1. The normalized spacial score (nSPS) is 17.4. The summed E-state index contributed by atoms with van der Waals surface area (Å²) in [5.41, 5.74) is 0. The van der Waals surface area contributed by atoms with Crippen molar-refractivity contribution in [2.45, 2.75) is 32.1 Å². The number of nitrogens with zero attached hydrogens (tertiary/aromatic N) is 1. The van der Waals surface area contributed by atoms with E-state index in [0.717, 1.165) is 19.4 Å². The van der Waals surface area contributed by atoms with Gasteiger partial charge in [0.15, 0.2) is 0 Å². The van der Waals surface area contributed by atoms with Gasteiger partial charge in [-0.25, -0.2) is 4.79 Å². The Hall–Kier alpha value is -0.770. The molecular weight excluding hydrogens is 192 g/mol. The number of unbranched alkanes of at least 4 members (excludes halogenated alkanes) is 1. The van der Waals surface area contributed by atoms with Crippen molar-refractivity contribution in [3.63, 3.8) is 0 Å². The number of ether oxygens (including phenoxy) is 1. The Labute approximate surface area is 92.0 Å². The molecule has 0 atom stereocenters. The lowest BCUT2D eigenvalue weighted by Crippen LogP contribution is -2.31. The highest BCUT2D eigenvalue weighted by atomic mass is 16.5. The van der Waals surface area contributed by atoms with Crippen LogP contribution in [0.1, 0.15) is 32.1 Å². The Morgan fingerprint density at radius 2 is 2.00 bits per heavy atom.